The summed E-state index contributed by atoms with van der Waals surface area (Å²) in [5.41, 5.74) is 2.85. The van der Waals surface area contributed by atoms with E-state index in [0.29, 0.717) is 0 Å². The van der Waals surface area contributed by atoms with Crippen LogP contribution in [0.15, 0.2) is 0 Å². The van der Waals surface area contributed by atoms with E-state index in [1.54, 1.807) is 0 Å². The maximum atomic E-state index is 2.50. The second kappa shape index (κ2) is 6.07. The zero-order valence-corrected chi connectivity index (χ0v) is 11.6. The van der Waals surface area contributed by atoms with E-state index in [4.69, 9.17) is 0 Å². The number of aromatic nitrogens is 2. The van der Waals surface area contributed by atoms with Gasteiger partial charge in [0.2, 0.25) is 0 Å². The van der Waals surface area contributed by atoms with Gasteiger partial charge in [0.1, 0.15) is 11.4 Å². The van der Waals surface area contributed by atoms with Crippen molar-refractivity contribution in [3.05, 3.63) is 17.2 Å². The Labute approximate surface area is 100 Å². The molecule has 2 heteroatoms. The zero-order valence-electron chi connectivity index (χ0n) is 11.6. The molecule has 0 N–H and O–H groups in total. The molecule has 2 nitrogen and oxygen atoms in total. The number of rotatable bonds is 6. The van der Waals surface area contributed by atoms with Crippen molar-refractivity contribution >= 4 is 0 Å². The number of hydrogen-bond donors (Lipinski definition) is 0. The van der Waals surface area contributed by atoms with Crippen LogP contribution in [0.4, 0.5) is 0 Å². The second-order valence-electron chi connectivity index (χ2n) is 4.71. The lowest BCUT2D eigenvalue weighted by molar-refractivity contribution is -0.684. The average Bonchev–Trinajstić information content (AvgIpc) is 2.49. The SMILES string of the molecule is CCCCCCn1c(C)c(C)[n+](C)c1CC. The third kappa shape index (κ3) is 2.66. The van der Waals surface area contributed by atoms with Gasteiger partial charge in [0.05, 0.1) is 13.6 Å². The first-order valence-electron chi connectivity index (χ1n) is 6.68. The standard InChI is InChI=1S/C14H27N2/c1-6-8-9-10-11-16-13(4)12(3)15(5)14(16)7-2/h6-11H2,1-5H3/q+1. The molecule has 0 radical (unpaired) electrons. The highest BCUT2D eigenvalue weighted by Crippen LogP contribution is 2.11. The molecule has 0 bridgehead atoms. The molecule has 0 unspecified atom stereocenters. The van der Waals surface area contributed by atoms with Gasteiger partial charge in [-0.05, 0) is 12.8 Å². The van der Waals surface area contributed by atoms with E-state index in [9.17, 15) is 0 Å². The number of unbranched alkanes of at least 4 members (excludes halogenated alkanes) is 3. The highest BCUT2D eigenvalue weighted by atomic mass is 15.2. The molecule has 1 heterocycles. The summed E-state index contributed by atoms with van der Waals surface area (Å²) in [6.07, 6.45) is 6.49. The minimum absolute atomic E-state index is 1.12. The Morgan fingerprint density at radius 2 is 1.75 bits per heavy atom. The molecule has 0 aromatic carbocycles. The molecular weight excluding hydrogens is 196 g/mol. The quantitative estimate of drug-likeness (QED) is 0.518. The monoisotopic (exact) mass is 223 g/mol. The minimum atomic E-state index is 1.12. The largest absolute Gasteiger partial charge is 0.256 e. The Morgan fingerprint density at radius 3 is 2.31 bits per heavy atom. The van der Waals surface area contributed by atoms with Crippen LogP contribution in [0, 0.1) is 13.8 Å². The van der Waals surface area contributed by atoms with E-state index >= 15 is 0 Å². The Kier molecular flexibility index (Phi) is 5.04. The highest BCUT2D eigenvalue weighted by Gasteiger charge is 2.20. The molecule has 92 valence electrons. The van der Waals surface area contributed by atoms with Crippen molar-refractivity contribution in [3.63, 3.8) is 0 Å². The molecule has 1 rings (SSSR count). The van der Waals surface area contributed by atoms with Crippen LogP contribution in [0.5, 0.6) is 0 Å². The van der Waals surface area contributed by atoms with E-state index in [2.05, 4.69) is 43.9 Å². The zero-order chi connectivity index (χ0) is 12.1. The van der Waals surface area contributed by atoms with Crippen molar-refractivity contribution in [1.82, 2.24) is 4.57 Å². The Bertz CT molecular complexity index is 337. The highest BCUT2D eigenvalue weighted by molar-refractivity contribution is 5.07. The molecule has 0 saturated carbocycles. The van der Waals surface area contributed by atoms with Gasteiger partial charge < -0.3 is 0 Å². The lowest BCUT2D eigenvalue weighted by atomic mass is 10.2. The van der Waals surface area contributed by atoms with Gasteiger partial charge >= 0.3 is 0 Å². The number of nitrogens with zero attached hydrogens (tertiary/aromatic N) is 2. The fraction of sp³-hybridized carbons (Fsp3) is 0.786. The first-order chi connectivity index (χ1) is 7.63. The van der Waals surface area contributed by atoms with Crippen LogP contribution in [0.25, 0.3) is 0 Å². The van der Waals surface area contributed by atoms with Crippen molar-refractivity contribution in [3.8, 4) is 0 Å². The fourth-order valence-corrected chi connectivity index (χ4v) is 2.43. The second-order valence-corrected chi connectivity index (χ2v) is 4.71. The first kappa shape index (κ1) is 13.3. The predicted octanol–water partition coefficient (Wildman–Crippen LogP) is 3.07. The molecule has 0 saturated heterocycles. The van der Waals surface area contributed by atoms with Crippen molar-refractivity contribution in [2.75, 3.05) is 0 Å². The van der Waals surface area contributed by atoms with E-state index < -0.39 is 0 Å². The van der Waals surface area contributed by atoms with Gasteiger partial charge in [-0.2, -0.15) is 0 Å². The van der Waals surface area contributed by atoms with Gasteiger partial charge in [0, 0.05) is 20.3 Å². The lowest BCUT2D eigenvalue weighted by Crippen LogP contribution is -2.34. The van der Waals surface area contributed by atoms with Crippen molar-refractivity contribution < 1.29 is 4.57 Å². The van der Waals surface area contributed by atoms with E-state index in [1.165, 1.54) is 49.4 Å². The molecule has 0 aliphatic rings. The smallest absolute Gasteiger partial charge is 0.234 e. The lowest BCUT2D eigenvalue weighted by Gasteiger charge is -2.02. The molecule has 16 heavy (non-hydrogen) atoms. The summed E-state index contributed by atoms with van der Waals surface area (Å²) in [6.45, 7) is 10.2. The summed E-state index contributed by atoms with van der Waals surface area (Å²) >= 11 is 0. The van der Waals surface area contributed by atoms with Crippen LogP contribution in [0.1, 0.15) is 56.7 Å². The first-order valence-corrected chi connectivity index (χ1v) is 6.68. The Morgan fingerprint density at radius 1 is 1.06 bits per heavy atom. The van der Waals surface area contributed by atoms with Gasteiger partial charge in [-0.25, -0.2) is 9.13 Å². The summed E-state index contributed by atoms with van der Waals surface area (Å²) < 4.78 is 4.85. The maximum absolute atomic E-state index is 2.50. The van der Waals surface area contributed by atoms with Crippen LogP contribution >= 0.6 is 0 Å². The van der Waals surface area contributed by atoms with Crippen molar-refractivity contribution in [1.29, 1.82) is 0 Å². The van der Waals surface area contributed by atoms with E-state index in [0.717, 1.165) is 6.42 Å². The molecule has 1 aromatic heterocycles. The molecular formula is C14H27N2+. The summed E-state index contributed by atoms with van der Waals surface area (Å²) in [5, 5.41) is 0. The maximum Gasteiger partial charge on any atom is 0.256 e. The topological polar surface area (TPSA) is 8.81 Å². The summed E-state index contributed by atoms with van der Waals surface area (Å²) in [5.74, 6) is 1.46. The van der Waals surface area contributed by atoms with Gasteiger partial charge in [0.15, 0.2) is 0 Å². The molecule has 0 aliphatic heterocycles. The summed E-state index contributed by atoms with van der Waals surface area (Å²) in [4.78, 5) is 0. The van der Waals surface area contributed by atoms with Gasteiger partial charge in [-0.1, -0.05) is 26.7 Å². The third-order valence-corrected chi connectivity index (χ3v) is 3.68. The van der Waals surface area contributed by atoms with Crippen molar-refractivity contribution in [2.24, 2.45) is 7.05 Å². The average molecular weight is 223 g/mol. The molecule has 0 fully saturated rings. The summed E-state index contributed by atoms with van der Waals surface area (Å²) in [6, 6.07) is 0. The minimum Gasteiger partial charge on any atom is -0.234 e. The van der Waals surface area contributed by atoms with Gasteiger partial charge in [0.25, 0.3) is 5.82 Å². The number of hydrogen-bond acceptors (Lipinski definition) is 0. The fourth-order valence-electron chi connectivity index (χ4n) is 2.43. The van der Waals surface area contributed by atoms with Gasteiger partial charge in [-0.3, -0.25) is 0 Å². The van der Waals surface area contributed by atoms with E-state index in [-0.39, 0.29) is 0 Å². The van der Waals surface area contributed by atoms with E-state index in [1.807, 2.05) is 0 Å². The van der Waals surface area contributed by atoms with Gasteiger partial charge in [-0.15, -0.1) is 0 Å². The molecule has 1 aromatic rings. The van der Waals surface area contributed by atoms with Crippen LogP contribution in [0.2, 0.25) is 0 Å². The number of imidazole rings is 1. The molecule has 0 amide bonds. The van der Waals surface area contributed by atoms with Crippen LogP contribution in [-0.4, -0.2) is 4.57 Å². The van der Waals surface area contributed by atoms with Crippen LogP contribution in [0.3, 0.4) is 0 Å². The third-order valence-electron chi connectivity index (χ3n) is 3.68. The van der Waals surface area contributed by atoms with Crippen LogP contribution < -0.4 is 4.57 Å². The summed E-state index contributed by atoms with van der Waals surface area (Å²) in [7, 11) is 2.18. The molecule has 0 spiro atoms. The Balaban J connectivity index is 2.74. The predicted molar refractivity (Wildman–Crippen MR) is 68.6 cm³/mol. The Hall–Kier alpha value is -0.790. The van der Waals surface area contributed by atoms with Crippen molar-refractivity contribution in [2.45, 2.75) is 66.3 Å². The molecule has 0 atom stereocenters. The van der Waals surface area contributed by atoms with Crippen LogP contribution in [-0.2, 0) is 20.0 Å². The normalized spacial score (nSPS) is 11.1. The molecule has 0 aliphatic carbocycles.